The molecule has 0 radical (unpaired) electrons. The number of esters is 2. The predicted molar refractivity (Wildman–Crippen MR) is 125 cm³/mol. The smallest absolute Gasteiger partial charge is 0.309 e. The Morgan fingerprint density at radius 1 is 1.19 bits per heavy atom. The van der Waals surface area contributed by atoms with E-state index < -0.39 is 6.10 Å². The summed E-state index contributed by atoms with van der Waals surface area (Å²) >= 11 is 0. The van der Waals surface area contributed by atoms with Gasteiger partial charge < -0.3 is 14.6 Å². The molecule has 1 fully saturated rings. The first-order valence-corrected chi connectivity index (χ1v) is 12.8. The highest BCUT2D eigenvalue weighted by Crippen LogP contribution is 2.45. The Morgan fingerprint density at radius 2 is 1.91 bits per heavy atom. The fourth-order valence-electron chi connectivity index (χ4n) is 5.88. The van der Waals surface area contributed by atoms with Crippen molar-refractivity contribution in [2.75, 3.05) is 0 Å². The van der Waals surface area contributed by atoms with Gasteiger partial charge in [0.1, 0.15) is 12.2 Å². The summed E-state index contributed by atoms with van der Waals surface area (Å²) in [6.45, 7) is 8.60. The van der Waals surface area contributed by atoms with E-state index in [1.165, 1.54) is 5.57 Å². The third-order valence-electron chi connectivity index (χ3n) is 7.73. The Morgan fingerprint density at radius 3 is 2.59 bits per heavy atom. The van der Waals surface area contributed by atoms with E-state index in [0.717, 1.165) is 44.9 Å². The predicted octanol–water partition coefficient (Wildman–Crippen LogP) is 5.37. The summed E-state index contributed by atoms with van der Waals surface area (Å²) in [5.74, 6) is 1.22. The number of rotatable bonds is 9. The van der Waals surface area contributed by atoms with Gasteiger partial charge in [0.15, 0.2) is 0 Å². The lowest BCUT2D eigenvalue weighted by Crippen LogP contribution is -2.41. The zero-order valence-corrected chi connectivity index (χ0v) is 20.3. The van der Waals surface area contributed by atoms with Crippen LogP contribution in [-0.4, -0.2) is 35.4 Å². The molecule has 5 heteroatoms. The molecule has 0 aromatic heterocycles. The first kappa shape index (κ1) is 25.0. The van der Waals surface area contributed by atoms with Gasteiger partial charge in [-0.05, 0) is 61.9 Å². The van der Waals surface area contributed by atoms with Crippen molar-refractivity contribution < 1.29 is 24.2 Å². The summed E-state index contributed by atoms with van der Waals surface area (Å²) in [5, 5.41) is 9.82. The van der Waals surface area contributed by atoms with Gasteiger partial charge in [-0.15, -0.1) is 0 Å². The van der Waals surface area contributed by atoms with Crippen LogP contribution in [0.25, 0.3) is 0 Å². The Hall–Kier alpha value is -1.62. The Kier molecular flexibility index (Phi) is 8.98. The molecule has 3 rings (SSSR count). The lowest BCUT2D eigenvalue weighted by atomic mass is 9.65. The summed E-state index contributed by atoms with van der Waals surface area (Å²) in [5.41, 5.74) is 1.33. The molecule has 32 heavy (non-hydrogen) atoms. The zero-order chi connectivity index (χ0) is 23.3. The number of aliphatic hydroxyl groups excluding tert-OH is 1. The number of hydrogen-bond donors (Lipinski definition) is 1. The van der Waals surface area contributed by atoms with E-state index in [4.69, 9.17) is 9.47 Å². The van der Waals surface area contributed by atoms with Crippen molar-refractivity contribution in [1.82, 2.24) is 0 Å². The Labute approximate surface area is 193 Å². The number of carbonyl (C=O) groups excluding carboxylic acids is 2. The third-order valence-corrected chi connectivity index (χ3v) is 7.73. The maximum Gasteiger partial charge on any atom is 0.309 e. The summed E-state index contributed by atoms with van der Waals surface area (Å²) in [4.78, 5) is 24.4. The molecular formula is C27H42O5. The Balaban J connectivity index is 1.62. The summed E-state index contributed by atoms with van der Waals surface area (Å²) < 4.78 is 11.6. The number of fused-ring (bicyclic) bond motifs is 1. The SMILES string of the molecule is CCC(CC)C(=O)O[C@H]1C[C@@H](C)C=C2C=C[C@H](C)[C@H](CCCCC3C[C@@H](O)CC(=O)O3)[C@H]21. The van der Waals surface area contributed by atoms with Crippen LogP contribution in [0.2, 0.25) is 0 Å². The average molecular weight is 447 g/mol. The zero-order valence-electron chi connectivity index (χ0n) is 20.3. The van der Waals surface area contributed by atoms with E-state index >= 15 is 0 Å². The number of aliphatic hydroxyl groups is 1. The number of hydrogen-bond acceptors (Lipinski definition) is 5. The number of cyclic esters (lactones) is 1. The molecule has 0 aromatic carbocycles. The third kappa shape index (κ3) is 6.24. The van der Waals surface area contributed by atoms with Gasteiger partial charge in [-0.2, -0.15) is 0 Å². The fraction of sp³-hybridized carbons (Fsp3) is 0.778. The molecule has 0 bridgehead atoms. The first-order chi connectivity index (χ1) is 15.3. The molecule has 0 amide bonds. The molecule has 1 unspecified atom stereocenters. The molecule has 0 aromatic rings. The van der Waals surface area contributed by atoms with Crippen molar-refractivity contribution >= 4 is 11.9 Å². The van der Waals surface area contributed by atoms with Crippen LogP contribution < -0.4 is 0 Å². The van der Waals surface area contributed by atoms with Crippen molar-refractivity contribution in [3.05, 3.63) is 23.8 Å². The normalized spacial score (nSPS) is 34.6. The summed E-state index contributed by atoms with van der Waals surface area (Å²) in [6, 6.07) is 0. The highest BCUT2D eigenvalue weighted by molar-refractivity contribution is 5.72. The lowest BCUT2D eigenvalue weighted by Gasteiger charge is -2.43. The van der Waals surface area contributed by atoms with Crippen LogP contribution in [-0.2, 0) is 19.1 Å². The minimum Gasteiger partial charge on any atom is -0.462 e. The summed E-state index contributed by atoms with van der Waals surface area (Å²) in [7, 11) is 0. The highest BCUT2D eigenvalue weighted by atomic mass is 16.5. The van der Waals surface area contributed by atoms with Gasteiger partial charge in [0.05, 0.1) is 18.4 Å². The molecule has 1 saturated heterocycles. The monoisotopic (exact) mass is 446 g/mol. The number of unbranched alkanes of at least 4 members (excludes halogenated alkanes) is 1. The van der Waals surface area contributed by atoms with E-state index in [1.54, 1.807) is 0 Å². The molecule has 5 nitrogen and oxygen atoms in total. The Bertz CT molecular complexity index is 707. The van der Waals surface area contributed by atoms with Crippen molar-refractivity contribution in [2.24, 2.45) is 29.6 Å². The van der Waals surface area contributed by atoms with Gasteiger partial charge in [-0.1, -0.05) is 52.3 Å². The fourth-order valence-corrected chi connectivity index (χ4v) is 5.88. The van der Waals surface area contributed by atoms with Gasteiger partial charge in [-0.25, -0.2) is 0 Å². The van der Waals surface area contributed by atoms with Crippen LogP contribution in [0.4, 0.5) is 0 Å². The number of ether oxygens (including phenoxy) is 2. The van der Waals surface area contributed by atoms with E-state index in [-0.39, 0.29) is 42.4 Å². The lowest BCUT2D eigenvalue weighted by molar-refractivity contribution is -0.161. The maximum absolute atomic E-state index is 12.8. The van der Waals surface area contributed by atoms with Crippen LogP contribution in [0.1, 0.15) is 85.5 Å². The first-order valence-electron chi connectivity index (χ1n) is 12.8. The molecule has 3 aliphatic rings. The highest BCUT2D eigenvalue weighted by Gasteiger charge is 2.41. The van der Waals surface area contributed by atoms with Crippen molar-refractivity contribution in [2.45, 2.75) is 104 Å². The molecule has 0 saturated carbocycles. The minimum atomic E-state index is -0.563. The van der Waals surface area contributed by atoms with E-state index in [0.29, 0.717) is 24.2 Å². The van der Waals surface area contributed by atoms with Gasteiger partial charge in [0.25, 0.3) is 0 Å². The molecule has 1 aliphatic heterocycles. The molecule has 180 valence electrons. The molecule has 7 atom stereocenters. The van der Waals surface area contributed by atoms with E-state index in [2.05, 4.69) is 45.9 Å². The van der Waals surface area contributed by atoms with Gasteiger partial charge in [-0.3, -0.25) is 9.59 Å². The molecular weight excluding hydrogens is 404 g/mol. The second-order valence-electron chi connectivity index (χ2n) is 10.3. The van der Waals surface area contributed by atoms with Gasteiger partial charge in [0.2, 0.25) is 0 Å². The number of allylic oxidation sites excluding steroid dienone is 3. The van der Waals surface area contributed by atoms with Gasteiger partial charge in [0, 0.05) is 12.3 Å². The van der Waals surface area contributed by atoms with Crippen molar-refractivity contribution in [3.8, 4) is 0 Å². The summed E-state index contributed by atoms with van der Waals surface area (Å²) in [6.07, 6.45) is 13.2. The van der Waals surface area contributed by atoms with E-state index in [9.17, 15) is 14.7 Å². The molecule has 1 heterocycles. The number of carbonyl (C=O) groups is 2. The van der Waals surface area contributed by atoms with E-state index in [1.807, 2.05) is 0 Å². The van der Waals surface area contributed by atoms with Crippen LogP contribution in [0.3, 0.4) is 0 Å². The van der Waals surface area contributed by atoms with Crippen LogP contribution in [0, 0.1) is 29.6 Å². The standard InChI is InChI=1S/C27H42O5/c1-5-19(6-2)27(30)32-24-14-17(3)13-20-12-11-18(4)23(26(20)24)10-8-7-9-22-15-21(28)16-25(29)31-22/h11-13,17-19,21-24,26,28H,5-10,14-16H2,1-4H3/t17-,18-,21+,22?,23-,24-,26-/m0/s1. The van der Waals surface area contributed by atoms with Crippen molar-refractivity contribution in [1.29, 1.82) is 0 Å². The largest absolute Gasteiger partial charge is 0.462 e. The molecule has 0 spiro atoms. The second kappa shape index (κ2) is 11.5. The topological polar surface area (TPSA) is 72.8 Å². The molecule has 2 aliphatic carbocycles. The minimum absolute atomic E-state index is 0.0109. The quantitative estimate of drug-likeness (QED) is 0.381. The maximum atomic E-state index is 12.8. The van der Waals surface area contributed by atoms with Gasteiger partial charge >= 0.3 is 11.9 Å². The van der Waals surface area contributed by atoms with Crippen molar-refractivity contribution in [3.63, 3.8) is 0 Å². The van der Waals surface area contributed by atoms with Crippen LogP contribution in [0.15, 0.2) is 23.8 Å². The average Bonchev–Trinajstić information content (AvgIpc) is 2.72. The van der Waals surface area contributed by atoms with Crippen LogP contribution in [0.5, 0.6) is 0 Å². The van der Waals surface area contributed by atoms with Crippen LogP contribution >= 0.6 is 0 Å². The second-order valence-corrected chi connectivity index (χ2v) is 10.3. The molecule has 1 N–H and O–H groups in total.